The Morgan fingerprint density at radius 3 is 2.76 bits per heavy atom. The van der Waals surface area contributed by atoms with Gasteiger partial charge in [0.25, 0.3) is 5.91 Å². The summed E-state index contributed by atoms with van der Waals surface area (Å²) in [6.07, 6.45) is 7.00. The van der Waals surface area contributed by atoms with Crippen molar-refractivity contribution in [1.82, 2.24) is 20.5 Å². The third kappa shape index (κ3) is 3.59. The molecule has 0 spiro atoms. The predicted molar refractivity (Wildman–Crippen MR) is 65.5 cm³/mol. The minimum atomic E-state index is -0.329. The first-order valence-electron chi connectivity index (χ1n) is 5.77. The summed E-state index contributed by atoms with van der Waals surface area (Å²) < 4.78 is 0. The monoisotopic (exact) mass is 234 g/mol. The lowest BCUT2D eigenvalue weighted by Crippen LogP contribution is -2.34. The van der Waals surface area contributed by atoms with E-state index in [0.29, 0.717) is 5.82 Å². The fraction of sp³-hybridized carbons (Fsp3) is 0.583. The first-order chi connectivity index (χ1) is 8.08. The van der Waals surface area contributed by atoms with E-state index in [1.54, 1.807) is 0 Å². The smallest absolute Gasteiger partial charge is 0.291 e. The van der Waals surface area contributed by atoms with Crippen molar-refractivity contribution in [3.63, 3.8) is 0 Å². The molecule has 0 fully saturated rings. The van der Waals surface area contributed by atoms with Crippen LogP contribution in [0.2, 0.25) is 0 Å². The third-order valence-corrected chi connectivity index (χ3v) is 2.34. The molecule has 5 heteroatoms. The molecule has 2 N–H and O–H groups in total. The molecule has 92 valence electrons. The summed E-state index contributed by atoms with van der Waals surface area (Å²) in [5.74, 6) is 3.26. The van der Waals surface area contributed by atoms with Crippen LogP contribution in [0.5, 0.6) is 0 Å². The second-order valence-corrected chi connectivity index (χ2v) is 4.18. The molecule has 0 bridgehead atoms. The molecule has 5 nitrogen and oxygen atoms in total. The van der Waals surface area contributed by atoms with Gasteiger partial charge in [-0.15, -0.1) is 11.5 Å². The van der Waals surface area contributed by atoms with E-state index < -0.39 is 0 Å². The quantitative estimate of drug-likeness (QED) is 0.758. The Hall–Kier alpha value is -1.83. The zero-order valence-electron chi connectivity index (χ0n) is 10.4. The van der Waals surface area contributed by atoms with Crippen molar-refractivity contribution < 1.29 is 4.79 Å². The van der Waals surface area contributed by atoms with Crippen LogP contribution < -0.4 is 5.32 Å². The Bertz CT molecular complexity index is 416. The predicted octanol–water partition coefficient (Wildman–Crippen LogP) is 1.46. The van der Waals surface area contributed by atoms with Crippen LogP contribution in [0, 0.1) is 12.3 Å². The van der Waals surface area contributed by atoms with E-state index in [1.807, 2.05) is 20.8 Å². The number of amides is 1. The van der Waals surface area contributed by atoms with E-state index in [1.165, 1.54) is 0 Å². The van der Waals surface area contributed by atoms with Gasteiger partial charge in [0.15, 0.2) is 0 Å². The molecule has 0 saturated heterocycles. The molecule has 0 aromatic carbocycles. The van der Waals surface area contributed by atoms with Crippen LogP contribution in [-0.4, -0.2) is 27.1 Å². The Labute approximate surface area is 101 Å². The van der Waals surface area contributed by atoms with Crippen molar-refractivity contribution >= 4 is 5.91 Å². The van der Waals surface area contributed by atoms with Crippen LogP contribution in [0.3, 0.4) is 0 Å². The molecular weight excluding hydrogens is 216 g/mol. The van der Waals surface area contributed by atoms with Crippen molar-refractivity contribution in [1.29, 1.82) is 0 Å². The number of nitrogens with zero attached hydrogens (tertiary/aromatic N) is 2. The number of hydrogen-bond acceptors (Lipinski definition) is 3. The van der Waals surface area contributed by atoms with Crippen molar-refractivity contribution in [3.05, 3.63) is 11.6 Å². The maximum absolute atomic E-state index is 11.8. The highest BCUT2D eigenvalue weighted by Crippen LogP contribution is 2.07. The highest BCUT2D eigenvalue weighted by atomic mass is 16.2. The zero-order chi connectivity index (χ0) is 12.8. The molecule has 0 radical (unpaired) electrons. The molecule has 1 heterocycles. The first kappa shape index (κ1) is 13.2. The van der Waals surface area contributed by atoms with Gasteiger partial charge in [-0.1, -0.05) is 33.1 Å². The lowest BCUT2D eigenvalue weighted by atomic mass is 10.2. The normalized spacial score (nSPS) is 12.2. The van der Waals surface area contributed by atoms with Crippen LogP contribution in [-0.2, 0) is 0 Å². The van der Waals surface area contributed by atoms with Crippen molar-refractivity contribution in [2.75, 3.05) is 0 Å². The first-order valence-corrected chi connectivity index (χ1v) is 5.77. The average Bonchev–Trinajstić information content (AvgIpc) is 2.77. The zero-order valence-corrected chi connectivity index (χ0v) is 10.4. The van der Waals surface area contributed by atoms with E-state index in [9.17, 15) is 4.79 Å². The Morgan fingerprint density at radius 2 is 2.29 bits per heavy atom. The van der Waals surface area contributed by atoms with Crippen molar-refractivity contribution in [3.8, 4) is 12.3 Å². The lowest BCUT2D eigenvalue weighted by molar-refractivity contribution is 0.0934. The molecule has 0 saturated carbocycles. The molecule has 1 rings (SSSR count). The molecule has 1 amide bonds. The van der Waals surface area contributed by atoms with Gasteiger partial charge >= 0.3 is 0 Å². The van der Waals surface area contributed by atoms with E-state index in [-0.39, 0.29) is 23.7 Å². The Kier molecular flexibility index (Phi) is 4.70. The van der Waals surface area contributed by atoms with E-state index in [0.717, 1.165) is 12.8 Å². The molecule has 1 aromatic rings. The Morgan fingerprint density at radius 1 is 1.59 bits per heavy atom. The number of H-pyrrole nitrogens is 1. The van der Waals surface area contributed by atoms with Gasteiger partial charge in [0.05, 0.1) is 6.04 Å². The molecule has 1 atom stereocenters. The number of hydrogen-bond donors (Lipinski definition) is 2. The summed E-state index contributed by atoms with van der Waals surface area (Å²) in [6, 6.07) is -0.256. The van der Waals surface area contributed by atoms with Crippen molar-refractivity contribution in [2.45, 2.75) is 45.6 Å². The molecule has 17 heavy (non-hydrogen) atoms. The fourth-order valence-electron chi connectivity index (χ4n) is 1.34. The number of nitrogens with one attached hydrogen (secondary N) is 2. The summed E-state index contributed by atoms with van der Waals surface area (Å²) in [6.45, 7) is 5.97. The van der Waals surface area contributed by atoms with E-state index in [2.05, 4.69) is 26.4 Å². The second-order valence-electron chi connectivity index (χ2n) is 4.18. The summed E-state index contributed by atoms with van der Waals surface area (Å²) in [7, 11) is 0. The highest BCUT2D eigenvalue weighted by Gasteiger charge is 2.16. The van der Waals surface area contributed by atoms with E-state index in [4.69, 9.17) is 6.42 Å². The number of carbonyl (C=O) groups is 1. The summed E-state index contributed by atoms with van der Waals surface area (Å²) in [5.41, 5.74) is 0. The molecule has 0 aliphatic carbocycles. The molecule has 0 aliphatic rings. The molecule has 1 unspecified atom stereocenters. The minimum absolute atomic E-state index is 0.144. The largest absolute Gasteiger partial charge is 0.336 e. The van der Waals surface area contributed by atoms with Gasteiger partial charge in [0.1, 0.15) is 5.82 Å². The van der Waals surface area contributed by atoms with Gasteiger partial charge < -0.3 is 5.32 Å². The van der Waals surface area contributed by atoms with Gasteiger partial charge in [-0.2, -0.15) is 0 Å². The van der Waals surface area contributed by atoms with Crippen LogP contribution in [0.1, 0.15) is 56.0 Å². The molecular formula is C12H18N4O. The van der Waals surface area contributed by atoms with Crippen LogP contribution in [0.15, 0.2) is 0 Å². The number of carbonyl (C=O) groups excluding carboxylic acids is 1. The molecule has 1 aromatic heterocycles. The number of aromatic nitrogens is 3. The highest BCUT2D eigenvalue weighted by molar-refractivity contribution is 5.90. The van der Waals surface area contributed by atoms with Gasteiger partial charge in [0.2, 0.25) is 5.82 Å². The van der Waals surface area contributed by atoms with Gasteiger partial charge in [0, 0.05) is 5.92 Å². The number of aromatic amines is 1. The number of terminal acetylenes is 1. The average molecular weight is 234 g/mol. The van der Waals surface area contributed by atoms with Gasteiger partial charge in [-0.25, -0.2) is 4.98 Å². The van der Waals surface area contributed by atoms with E-state index >= 15 is 0 Å². The van der Waals surface area contributed by atoms with Gasteiger partial charge in [-0.3, -0.25) is 9.89 Å². The molecule has 0 aliphatic heterocycles. The Balaban J connectivity index is 2.66. The minimum Gasteiger partial charge on any atom is -0.336 e. The van der Waals surface area contributed by atoms with Gasteiger partial charge in [-0.05, 0) is 6.42 Å². The fourth-order valence-corrected chi connectivity index (χ4v) is 1.34. The van der Waals surface area contributed by atoms with Crippen LogP contribution in [0.4, 0.5) is 0 Å². The summed E-state index contributed by atoms with van der Waals surface area (Å²) in [5, 5.41) is 9.32. The topological polar surface area (TPSA) is 70.7 Å². The maximum Gasteiger partial charge on any atom is 0.291 e. The summed E-state index contributed by atoms with van der Waals surface area (Å²) >= 11 is 0. The SMILES string of the molecule is C#CC(CCC)NC(=O)c1n[nH]c(C(C)C)n1. The van der Waals surface area contributed by atoms with Crippen LogP contribution in [0.25, 0.3) is 0 Å². The van der Waals surface area contributed by atoms with Crippen molar-refractivity contribution in [2.24, 2.45) is 0 Å². The third-order valence-electron chi connectivity index (χ3n) is 2.34. The standard InChI is InChI=1S/C12H18N4O/c1-5-7-9(6-2)13-12(17)11-14-10(8(3)4)15-16-11/h2,8-9H,5,7H2,1,3-4H3,(H,13,17)(H,14,15,16). The van der Waals surface area contributed by atoms with Crippen LogP contribution >= 0.6 is 0 Å². The second kappa shape index (κ2) is 6.04. The lowest BCUT2D eigenvalue weighted by Gasteiger charge is -2.09. The maximum atomic E-state index is 11.8. The number of rotatable bonds is 5. The summed E-state index contributed by atoms with van der Waals surface area (Å²) in [4.78, 5) is 15.9.